The Kier molecular flexibility index (Phi) is 4.42. The van der Waals surface area contributed by atoms with E-state index >= 15 is 0 Å². The predicted octanol–water partition coefficient (Wildman–Crippen LogP) is 1.73. The van der Waals surface area contributed by atoms with Gasteiger partial charge in [-0.25, -0.2) is 0 Å². The van der Waals surface area contributed by atoms with Crippen molar-refractivity contribution in [1.82, 2.24) is 0 Å². The highest BCUT2D eigenvalue weighted by atomic mass is 79.9. The first-order valence-electron chi connectivity index (χ1n) is 4.25. The van der Waals surface area contributed by atoms with Gasteiger partial charge in [-0.2, -0.15) is 0 Å². The number of benzene rings is 1. The van der Waals surface area contributed by atoms with Crippen molar-refractivity contribution >= 4 is 15.9 Å². The Balaban J connectivity index is 2.41. The first kappa shape index (κ1) is 10.7. The number of aliphatic hydroxyl groups excluding tert-OH is 2. The summed E-state index contributed by atoms with van der Waals surface area (Å²) < 4.78 is 1.05. The van der Waals surface area contributed by atoms with Gasteiger partial charge in [-0.3, -0.25) is 0 Å². The minimum Gasteiger partial charge on any atom is -0.394 e. The van der Waals surface area contributed by atoms with Crippen LogP contribution in [-0.4, -0.2) is 22.9 Å². The minimum absolute atomic E-state index is 0.156. The fourth-order valence-corrected chi connectivity index (χ4v) is 1.34. The van der Waals surface area contributed by atoms with Gasteiger partial charge in [-0.05, 0) is 30.5 Å². The average Bonchev–Trinajstić information content (AvgIpc) is 2.16. The molecule has 0 aromatic heterocycles. The molecule has 0 spiro atoms. The molecule has 0 heterocycles. The van der Waals surface area contributed by atoms with Crippen LogP contribution < -0.4 is 0 Å². The molecule has 3 heteroatoms. The van der Waals surface area contributed by atoms with Crippen LogP contribution in [0.25, 0.3) is 0 Å². The number of halogens is 1. The zero-order chi connectivity index (χ0) is 9.68. The average molecular weight is 245 g/mol. The number of hydrogen-bond donors (Lipinski definition) is 2. The lowest BCUT2D eigenvalue weighted by Gasteiger charge is -2.06. The lowest BCUT2D eigenvalue weighted by Crippen LogP contribution is -2.12. The van der Waals surface area contributed by atoms with Crippen LogP contribution in [0.5, 0.6) is 0 Å². The van der Waals surface area contributed by atoms with Gasteiger partial charge in [0.15, 0.2) is 0 Å². The summed E-state index contributed by atoms with van der Waals surface area (Å²) in [6.07, 6.45) is 0.816. The highest BCUT2D eigenvalue weighted by molar-refractivity contribution is 9.10. The molecule has 2 N–H and O–H groups in total. The Morgan fingerprint density at radius 1 is 1.23 bits per heavy atom. The molecule has 0 saturated carbocycles. The molecule has 2 nitrogen and oxygen atoms in total. The molecular weight excluding hydrogens is 232 g/mol. The summed E-state index contributed by atoms with van der Waals surface area (Å²) in [5.41, 5.74) is 1.18. The third kappa shape index (κ3) is 3.89. The maximum absolute atomic E-state index is 9.11. The summed E-state index contributed by atoms with van der Waals surface area (Å²) in [5, 5.41) is 17.7. The van der Waals surface area contributed by atoms with Crippen molar-refractivity contribution in [3.63, 3.8) is 0 Å². The third-order valence-electron chi connectivity index (χ3n) is 1.89. The number of aliphatic hydroxyl groups is 2. The molecule has 0 bridgehead atoms. The third-order valence-corrected chi connectivity index (χ3v) is 2.42. The fourth-order valence-electron chi connectivity index (χ4n) is 1.08. The Morgan fingerprint density at radius 2 is 1.85 bits per heavy atom. The molecular formula is C10H13BrO2. The van der Waals surface area contributed by atoms with E-state index in [0.29, 0.717) is 6.42 Å². The van der Waals surface area contributed by atoms with E-state index in [1.54, 1.807) is 0 Å². The molecule has 0 radical (unpaired) electrons. The molecule has 0 aliphatic carbocycles. The van der Waals surface area contributed by atoms with Crippen molar-refractivity contribution in [3.8, 4) is 0 Å². The molecule has 0 amide bonds. The molecule has 0 saturated heterocycles. The van der Waals surface area contributed by atoms with Crippen molar-refractivity contribution in [3.05, 3.63) is 34.3 Å². The van der Waals surface area contributed by atoms with Crippen molar-refractivity contribution < 1.29 is 10.2 Å². The molecule has 0 aliphatic rings. The van der Waals surface area contributed by atoms with Gasteiger partial charge in [0.25, 0.3) is 0 Å². The molecule has 1 atom stereocenters. The van der Waals surface area contributed by atoms with Crippen LogP contribution in [0.2, 0.25) is 0 Å². The van der Waals surface area contributed by atoms with Gasteiger partial charge in [0.2, 0.25) is 0 Å². The largest absolute Gasteiger partial charge is 0.394 e. The molecule has 1 unspecified atom stereocenters. The van der Waals surface area contributed by atoms with E-state index in [1.807, 2.05) is 24.3 Å². The highest BCUT2D eigenvalue weighted by Gasteiger charge is 2.01. The fraction of sp³-hybridized carbons (Fsp3) is 0.400. The molecule has 1 rings (SSSR count). The van der Waals surface area contributed by atoms with Gasteiger partial charge < -0.3 is 10.2 Å². The van der Waals surface area contributed by atoms with Gasteiger partial charge in [0, 0.05) is 4.47 Å². The van der Waals surface area contributed by atoms with Crippen LogP contribution in [0.3, 0.4) is 0 Å². The quantitative estimate of drug-likeness (QED) is 0.848. The standard InChI is InChI=1S/C10H13BrO2/c11-9-4-1-8(2-5-9)3-6-10(13)7-12/h1-2,4-5,10,12-13H,3,6-7H2. The number of aryl methyl sites for hydroxylation is 1. The number of hydrogen-bond acceptors (Lipinski definition) is 2. The zero-order valence-corrected chi connectivity index (χ0v) is 8.87. The van der Waals surface area contributed by atoms with Crippen LogP contribution in [-0.2, 0) is 6.42 Å². The monoisotopic (exact) mass is 244 g/mol. The molecule has 72 valence electrons. The lowest BCUT2D eigenvalue weighted by molar-refractivity contribution is 0.0886. The van der Waals surface area contributed by atoms with Crippen LogP contribution >= 0.6 is 15.9 Å². The molecule has 13 heavy (non-hydrogen) atoms. The lowest BCUT2D eigenvalue weighted by atomic mass is 10.1. The normalized spacial score (nSPS) is 12.8. The maximum atomic E-state index is 9.11. The van der Waals surface area contributed by atoms with E-state index in [0.717, 1.165) is 10.9 Å². The SMILES string of the molecule is OCC(O)CCc1ccc(Br)cc1. The van der Waals surface area contributed by atoms with Crippen molar-refractivity contribution in [1.29, 1.82) is 0 Å². The van der Waals surface area contributed by atoms with Gasteiger partial charge in [-0.1, -0.05) is 28.1 Å². The Hall–Kier alpha value is -0.380. The van der Waals surface area contributed by atoms with Crippen molar-refractivity contribution in [2.45, 2.75) is 18.9 Å². The van der Waals surface area contributed by atoms with Crippen molar-refractivity contribution in [2.75, 3.05) is 6.61 Å². The van der Waals surface area contributed by atoms with E-state index in [4.69, 9.17) is 10.2 Å². The zero-order valence-electron chi connectivity index (χ0n) is 7.28. The van der Waals surface area contributed by atoms with E-state index in [9.17, 15) is 0 Å². The first-order valence-corrected chi connectivity index (χ1v) is 5.05. The highest BCUT2D eigenvalue weighted by Crippen LogP contribution is 2.12. The molecule has 0 fully saturated rings. The summed E-state index contributed by atoms with van der Waals surface area (Å²) in [4.78, 5) is 0. The first-order chi connectivity index (χ1) is 6.22. The second-order valence-electron chi connectivity index (χ2n) is 3.00. The van der Waals surface area contributed by atoms with Gasteiger partial charge in [0.05, 0.1) is 12.7 Å². The maximum Gasteiger partial charge on any atom is 0.0774 e. The van der Waals surface area contributed by atoms with Crippen LogP contribution in [0.15, 0.2) is 28.7 Å². The molecule has 0 aliphatic heterocycles. The van der Waals surface area contributed by atoms with Gasteiger partial charge >= 0.3 is 0 Å². The van der Waals surface area contributed by atoms with E-state index in [-0.39, 0.29) is 6.61 Å². The smallest absolute Gasteiger partial charge is 0.0774 e. The van der Waals surface area contributed by atoms with E-state index in [1.165, 1.54) is 5.56 Å². The summed E-state index contributed by atoms with van der Waals surface area (Å²) in [6.45, 7) is -0.156. The predicted molar refractivity (Wildman–Crippen MR) is 55.6 cm³/mol. The van der Waals surface area contributed by atoms with Crippen LogP contribution in [0.4, 0.5) is 0 Å². The summed E-state index contributed by atoms with van der Waals surface area (Å²) in [6, 6.07) is 7.96. The Morgan fingerprint density at radius 3 is 2.38 bits per heavy atom. The van der Waals surface area contributed by atoms with Crippen molar-refractivity contribution in [2.24, 2.45) is 0 Å². The van der Waals surface area contributed by atoms with Gasteiger partial charge in [0.1, 0.15) is 0 Å². The molecule has 1 aromatic carbocycles. The Labute approximate surface area is 86.3 Å². The van der Waals surface area contributed by atoms with Gasteiger partial charge in [-0.15, -0.1) is 0 Å². The van der Waals surface area contributed by atoms with E-state index in [2.05, 4.69) is 15.9 Å². The summed E-state index contributed by atoms with van der Waals surface area (Å²) in [7, 11) is 0. The summed E-state index contributed by atoms with van der Waals surface area (Å²) in [5.74, 6) is 0. The second kappa shape index (κ2) is 5.37. The second-order valence-corrected chi connectivity index (χ2v) is 3.92. The topological polar surface area (TPSA) is 40.5 Å². The minimum atomic E-state index is -0.594. The van der Waals surface area contributed by atoms with E-state index < -0.39 is 6.10 Å². The molecule has 1 aromatic rings. The van der Waals surface area contributed by atoms with Crippen LogP contribution in [0, 0.1) is 0 Å². The van der Waals surface area contributed by atoms with Crippen LogP contribution in [0.1, 0.15) is 12.0 Å². The summed E-state index contributed by atoms with van der Waals surface area (Å²) >= 11 is 3.35. The number of rotatable bonds is 4. The Bertz CT molecular complexity index is 246.